The predicted octanol–water partition coefficient (Wildman–Crippen LogP) is 3.35. The van der Waals surface area contributed by atoms with E-state index in [-0.39, 0.29) is 0 Å². The van der Waals surface area contributed by atoms with Crippen molar-refractivity contribution in [2.75, 3.05) is 0 Å². The lowest BCUT2D eigenvalue weighted by molar-refractivity contribution is -0.123. The molecule has 0 unspecified atom stereocenters. The molecule has 0 spiro atoms. The van der Waals surface area contributed by atoms with Gasteiger partial charge in [-0.05, 0) is 25.7 Å². The van der Waals surface area contributed by atoms with E-state index in [0.717, 1.165) is 32.1 Å². The third-order valence-electron chi connectivity index (χ3n) is 2.27. The van der Waals surface area contributed by atoms with Gasteiger partial charge in [0.05, 0.1) is 0 Å². The van der Waals surface area contributed by atoms with Crippen molar-refractivity contribution >= 4 is 5.78 Å². The van der Waals surface area contributed by atoms with E-state index in [1.807, 2.05) is 6.08 Å². The highest BCUT2D eigenvalue weighted by molar-refractivity contribution is 5.80. The van der Waals surface area contributed by atoms with Crippen molar-refractivity contribution in [2.45, 2.75) is 46.0 Å². The second kappa shape index (κ2) is 7.08. The van der Waals surface area contributed by atoms with Crippen LogP contribution in [-0.4, -0.2) is 5.78 Å². The van der Waals surface area contributed by atoms with Crippen molar-refractivity contribution in [3.63, 3.8) is 0 Å². The van der Waals surface area contributed by atoms with Crippen LogP contribution >= 0.6 is 0 Å². The van der Waals surface area contributed by atoms with E-state index in [1.54, 1.807) is 0 Å². The van der Waals surface area contributed by atoms with Gasteiger partial charge < -0.3 is 0 Å². The topological polar surface area (TPSA) is 17.1 Å². The summed E-state index contributed by atoms with van der Waals surface area (Å²) < 4.78 is 0. The first kappa shape index (κ1) is 11.4. The molecule has 0 bridgehead atoms. The van der Waals surface area contributed by atoms with E-state index in [2.05, 4.69) is 20.4 Å². The second-order valence-electron chi connectivity index (χ2n) is 3.16. The van der Waals surface area contributed by atoms with Gasteiger partial charge in [-0.25, -0.2) is 0 Å². The highest BCUT2D eigenvalue weighted by atomic mass is 16.1. The average Bonchev–Trinajstić information content (AvgIpc) is 2.07. The maximum Gasteiger partial charge on any atom is 0.135 e. The maximum absolute atomic E-state index is 11.4. The van der Waals surface area contributed by atoms with Gasteiger partial charge in [0, 0.05) is 12.3 Å². The molecule has 0 radical (unpaired) electrons. The molecule has 1 nitrogen and oxygen atoms in total. The van der Waals surface area contributed by atoms with Crippen LogP contribution in [0.5, 0.6) is 0 Å². The first-order valence-electron chi connectivity index (χ1n) is 4.89. The van der Waals surface area contributed by atoms with Gasteiger partial charge in [0.25, 0.3) is 0 Å². The average molecular weight is 168 g/mol. The van der Waals surface area contributed by atoms with Crippen LogP contribution in [0.1, 0.15) is 46.0 Å². The first-order valence-corrected chi connectivity index (χ1v) is 4.89. The summed E-state index contributed by atoms with van der Waals surface area (Å²) >= 11 is 0. The number of unbranched alkanes of at least 4 members (excludes halogenated alkanes) is 1. The van der Waals surface area contributed by atoms with Crippen LogP contribution in [0.2, 0.25) is 0 Å². The smallest absolute Gasteiger partial charge is 0.135 e. The van der Waals surface area contributed by atoms with E-state index < -0.39 is 0 Å². The highest BCUT2D eigenvalue weighted by Crippen LogP contribution is 2.12. The molecule has 0 aromatic rings. The van der Waals surface area contributed by atoms with E-state index in [1.165, 1.54) is 0 Å². The summed E-state index contributed by atoms with van der Waals surface area (Å²) in [6.07, 6.45) is 6.52. The van der Waals surface area contributed by atoms with Gasteiger partial charge in [-0.2, -0.15) is 0 Å². The van der Waals surface area contributed by atoms with Crippen molar-refractivity contribution in [3.8, 4) is 0 Å². The van der Waals surface area contributed by atoms with Crippen molar-refractivity contribution in [3.05, 3.63) is 12.7 Å². The molecule has 0 aromatic heterocycles. The third-order valence-corrected chi connectivity index (χ3v) is 2.27. The lowest BCUT2D eigenvalue weighted by Crippen LogP contribution is -2.11. The van der Waals surface area contributed by atoms with Crippen molar-refractivity contribution in [1.82, 2.24) is 0 Å². The van der Waals surface area contributed by atoms with Crippen molar-refractivity contribution < 1.29 is 4.79 Å². The van der Waals surface area contributed by atoms with E-state index in [0.29, 0.717) is 11.7 Å². The molecule has 0 aliphatic heterocycles. The largest absolute Gasteiger partial charge is 0.299 e. The standard InChI is InChI=1S/C11H20O/c1-4-7-8-9-11(12)10(5-2)6-3/h4,10H,1,5-9H2,2-3H3. The quantitative estimate of drug-likeness (QED) is 0.421. The molecule has 1 heteroatoms. The van der Waals surface area contributed by atoms with Gasteiger partial charge in [0.15, 0.2) is 0 Å². The molecular weight excluding hydrogens is 148 g/mol. The minimum Gasteiger partial charge on any atom is -0.299 e. The summed E-state index contributed by atoms with van der Waals surface area (Å²) in [4.78, 5) is 11.4. The molecule has 0 saturated carbocycles. The summed E-state index contributed by atoms with van der Waals surface area (Å²) in [6, 6.07) is 0. The first-order chi connectivity index (χ1) is 5.76. The minimum absolute atomic E-state index is 0.301. The number of carbonyl (C=O) groups excluding carboxylic acids is 1. The number of hydrogen-bond donors (Lipinski definition) is 0. The molecule has 0 heterocycles. The van der Waals surface area contributed by atoms with Gasteiger partial charge in [-0.1, -0.05) is 19.9 Å². The second-order valence-corrected chi connectivity index (χ2v) is 3.16. The lowest BCUT2D eigenvalue weighted by Gasteiger charge is -2.09. The molecule has 0 N–H and O–H groups in total. The Kier molecular flexibility index (Phi) is 6.73. The number of Topliss-reactive ketones (excluding diaryl/α,β-unsaturated/α-hetero) is 1. The fraction of sp³-hybridized carbons (Fsp3) is 0.727. The number of rotatable bonds is 7. The fourth-order valence-corrected chi connectivity index (χ4v) is 1.37. The summed E-state index contributed by atoms with van der Waals surface area (Å²) in [5.74, 6) is 0.733. The third kappa shape index (κ3) is 4.32. The van der Waals surface area contributed by atoms with Crippen LogP contribution in [0.25, 0.3) is 0 Å². The molecule has 12 heavy (non-hydrogen) atoms. The highest BCUT2D eigenvalue weighted by Gasteiger charge is 2.12. The summed E-state index contributed by atoms with van der Waals surface area (Å²) in [5, 5.41) is 0. The molecule has 0 aliphatic rings. The zero-order chi connectivity index (χ0) is 9.40. The predicted molar refractivity (Wildman–Crippen MR) is 53.1 cm³/mol. The Morgan fingerprint density at radius 3 is 2.42 bits per heavy atom. The molecule has 0 rings (SSSR count). The Bertz CT molecular complexity index is 134. The summed E-state index contributed by atoms with van der Waals surface area (Å²) in [7, 11) is 0. The number of carbonyl (C=O) groups is 1. The maximum atomic E-state index is 11.4. The number of allylic oxidation sites excluding steroid dienone is 1. The van der Waals surface area contributed by atoms with Gasteiger partial charge >= 0.3 is 0 Å². The Morgan fingerprint density at radius 1 is 1.42 bits per heavy atom. The van der Waals surface area contributed by atoms with Crippen molar-refractivity contribution in [2.24, 2.45) is 5.92 Å². The summed E-state index contributed by atoms with van der Waals surface area (Å²) in [5.41, 5.74) is 0. The molecule has 0 saturated heterocycles. The lowest BCUT2D eigenvalue weighted by atomic mass is 9.95. The molecule has 0 atom stereocenters. The zero-order valence-electron chi connectivity index (χ0n) is 8.31. The Balaban J connectivity index is 3.61. The van der Waals surface area contributed by atoms with Crippen LogP contribution in [0.15, 0.2) is 12.7 Å². The Labute approximate surface area is 75.9 Å². The number of ketones is 1. The summed E-state index contributed by atoms with van der Waals surface area (Å²) in [6.45, 7) is 7.80. The van der Waals surface area contributed by atoms with Gasteiger partial charge in [-0.3, -0.25) is 4.79 Å². The van der Waals surface area contributed by atoms with E-state index >= 15 is 0 Å². The molecule has 0 amide bonds. The minimum atomic E-state index is 0.301. The van der Waals surface area contributed by atoms with Crippen LogP contribution in [0.4, 0.5) is 0 Å². The van der Waals surface area contributed by atoms with E-state index in [9.17, 15) is 4.79 Å². The molecular formula is C11H20O. The monoisotopic (exact) mass is 168 g/mol. The zero-order valence-corrected chi connectivity index (χ0v) is 8.31. The van der Waals surface area contributed by atoms with Crippen LogP contribution < -0.4 is 0 Å². The molecule has 0 aromatic carbocycles. The van der Waals surface area contributed by atoms with Crippen LogP contribution in [0, 0.1) is 5.92 Å². The van der Waals surface area contributed by atoms with Gasteiger partial charge in [0.2, 0.25) is 0 Å². The van der Waals surface area contributed by atoms with Gasteiger partial charge in [-0.15, -0.1) is 6.58 Å². The van der Waals surface area contributed by atoms with Gasteiger partial charge in [0.1, 0.15) is 5.78 Å². The molecule has 0 fully saturated rings. The molecule has 0 aliphatic carbocycles. The molecule has 70 valence electrons. The Hall–Kier alpha value is -0.590. The Morgan fingerprint density at radius 2 is 2.00 bits per heavy atom. The van der Waals surface area contributed by atoms with Crippen LogP contribution in [-0.2, 0) is 4.79 Å². The number of hydrogen-bond acceptors (Lipinski definition) is 1. The SMILES string of the molecule is C=CCCCC(=O)C(CC)CC. The normalized spacial score (nSPS) is 10.2. The van der Waals surface area contributed by atoms with E-state index in [4.69, 9.17) is 0 Å². The van der Waals surface area contributed by atoms with Crippen molar-refractivity contribution in [1.29, 1.82) is 0 Å². The van der Waals surface area contributed by atoms with Crippen LogP contribution in [0.3, 0.4) is 0 Å². The fourth-order valence-electron chi connectivity index (χ4n) is 1.37.